The van der Waals surface area contributed by atoms with Crippen molar-refractivity contribution in [1.29, 1.82) is 0 Å². The Bertz CT molecular complexity index is 688. The number of sulfonamides is 1. The molecule has 0 saturated carbocycles. The number of nitrogens with zero attached hydrogens (tertiary/aromatic N) is 3. The van der Waals surface area contributed by atoms with Crippen molar-refractivity contribution in [2.75, 3.05) is 13.1 Å². The minimum Gasteiger partial charge on any atom is -0.350 e. The number of nitrogens with one attached hydrogen (secondary N) is 1. The van der Waals surface area contributed by atoms with Crippen molar-refractivity contribution in [2.24, 2.45) is 0 Å². The van der Waals surface area contributed by atoms with Gasteiger partial charge in [0.1, 0.15) is 11.4 Å². The topological polar surface area (TPSA) is 84.3 Å². The van der Waals surface area contributed by atoms with Crippen molar-refractivity contribution in [1.82, 2.24) is 19.4 Å². The van der Waals surface area contributed by atoms with Crippen LogP contribution >= 0.6 is 0 Å². The number of carbonyl (C=O) groups is 1. The van der Waals surface area contributed by atoms with Gasteiger partial charge in [0.25, 0.3) is 0 Å². The van der Waals surface area contributed by atoms with Crippen LogP contribution in [-0.4, -0.2) is 47.0 Å². The van der Waals surface area contributed by atoms with Crippen molar-refractivity contribution in [3.8, 4) is 0 Å². The summed E-state index contributed by atoms with van der Waals surface area (Å²) < 4.78 is 28.4. The second-order valence-electron chi connectivity index (χ2n) is 6.53. The predicted octanol–water partition coefficient (Wildman–Crippen LogP) is 1.84. The van der Waals surface area contributed by atoms with Gasteiger partial charge in [-0.25, -0.2) is 8.42 Å². The molecule has 1 rings (SSSR count). The lowest BCUT2D eigenvalue weighted by molar-refractivity contribution is -0.123. The third kappa shape index (κ3) is 4.36. The third-order valence-electron chi connectivity index (χ3n) is 4.27. The summed E-state index contributed by atoms with van der Waals surface area (Å²) in [7, 11) is -3.60. The van der Waals surface area contributed by atoms with E-state index in [-0.39, 0.29) is 22.9 Å². The number of hydrogen-bond donors (Lipinski definition) is 1. The van der Waals surface area contributed by atoms with Gasteiger partial charge in [-0.3, -0.25) is 9.48 Å². The fourth-order valence-electron chi connectivity index (χ4n) is 2.54. The first-order valence-corrected chi connectivity index (χ1v) is 9.79. The molecule has 8 heteroatoms. The van der Waals surface area contributed by atoms with Crippen LogP contribution in [0.4, 0.5) is 0 Å². The summed E-state index contributed by atoms with van der Waals surface area (Å²) in [5.74, 6) is -0.181. The van der Waals surface area contributed by atoms with Gasteiger partial charge in [-0.05, 0) is 34.1 Å². The summed E-state index contributed by atoms with van der Waals surface area (Å²) in [6, 6.07) is 0. The average molecular weight is 359 g/mol. The van der Waals surface area contributed by atoms with Crippen molar-refractivity contribution in [3.63, 3.8) is 0 Å². The monoisotopic (exact) mass is 358 g/mol. The van der Waals surface area contributed by atoms with Gasteiger partial charge in [0.2, 0.25) is 15.9 Å². The van der Waals surface area contributed by atoms with E-state index in [0.29, 0.717) is 24.5 Å². The number of aromatic nitrogens is 2. The van der Waals surface area contributed by atoms with Crippen molar-refractivity contribution in [3.05, 3.63) is 11.4 Å². The van der Waals surface area contributed by atoms with Crippen molar-refractivity contribution < 1.29 is 13.2 Å². The van der Waals surface area contributed by atoms with Gasteiger partial charge in [0.15, 0.2) is 0 Å². The molecule has 1 amide bonds. The Labute approximate surface area is 145 Å². The molecular formula is C16H30N4O3S. The molecule has 7 nitrogen and oxygen atoms in total. The molecule has 1 aromatic heterocycles. The van der Waals surface area contributed by atoms with Crippen molar-refractivity contribution in [2.45, 2.75) is 71.9 Å². The Morgan fingerprint density at radius 2 is 1.75 bits per heavy atom. The second kappa shape index (κ2) is 7.65. The summed E-state index contributed by atoms with van der Waals surface area (Å²) in [5, 5.41) is 7.21. The van der Waals surface area contributed by atoms with Crippen LogP contribution in [0.25, 0.3) is 0 Å². The molecule has 0 fully saturated rings. The van der Waals surface area contributed by atoms with Crippen LogP contribution in [0.3, 0.4) is 0 Å². The molecule has 138 valence electrons. The summed E-state index contributed by atoms with van der Waals surface area (Å²) in [4.78, 5) is 12.4. The number of aryl methyl sites for hydroxylation is 1. The van der Waals surface area contributed by atoms with E-state index in [1.807, 2.05) is 20.8 Å². The molecule has 1 heterocycles. The molecule has 0 bridgehead atoms. The molecule has 1 N–H and O–H groups in total. The highest BCUT2D eigenvalue weighted by Gasteiger charge is 2.30. The number of carbonyl (C=O) groups excluding carboxylic acids is 1. The molecule has 0 radical (unpaired) electrons. The minimum absolute atomic E-state index is 0.00384. The molecule has 0 saturated heterocycles. The molecule has 0 aliphatic rings. The molecule has 0 aliphatic carbocycles. The fraction of sp³-hybridized carbons (Fsp3) is 0.750. The van der Waals surface area contributed by atoms with Crippen LogP contribution in [0.1, 0.15) is 52.4 Å². The lowest BCUT2D eigenvalue weighted by atomic mass is 10.0. The fourth-order valence-corrected chi connectivity index (χ4v) is 4.37. The Hall–Kier alpha value is -1.41. The third-order valence-corrected chi connectivity index (χ3v) is 6.58. The maximum Gasteiger partial charge on any atom is 0.246 e. The van der Waals surface area contributed by atoms with Gasteiger partial charge in [0.05, 0.1) is 11.4 Å². The molecule has 0 atom stereocenters. The number of hydrogen-bond acceptors (Lipinski definition) is 4. The highest BCUT2D eigenvalue weighted by molar-refractivity contribution is 7.89. The molecule has 0 aliphatic heterocycles. The zero-order chi connectivity index (χ0) is 18.7. The Morgan fingerprint density at radius 1 is 1.21 bits per heavy atom. The van der Waals surface area contributed by atoms with Crippen LogP contribution in [0.5, 0.6) is 0 Å². The van der Waals surface area contributed by atoms with E-state index in [1.165, 1.54) is 8.99 Å². The zero-order valence-corrected chi connectivity index (χ0v) is 16.6. The Balaban J connectivity index is 3.14. The van der Waals surface area contributed by atoms with E-state index in [9.17, 15) is 13.2 Å². The molecule has 1 aromatic rings. The van der Waals surface area contributed by atoms with E-state index in [1.54, 1.807) is 27.7 Å². The quantitative estimate of drug-likeness (QED) is 0.768. The minimum atomic E-state index is -3.60. The first-order chi connectivity index (χ1) is 11.0. The second-order valence-corrected chi connectivity index (χ2v) is 8.41. The Morgan fingerprint density at radius 3 is 2.21 bits per heavy atom. The Kier molecular flexibility index (Phi) is 6.58. The van der Waals surface area contributed by atoms with E-state index in [0.717, 1.165) is 6.42 Å². The first-order valence-electron chi connectivity index (χ1n) is 8.35. The maximum absolute atomic E-state index is 12.8. The smallest absolute Gasteiger partial charge is 0.246 e. The largest absolute Gasteiger partial charge is 0.350 e. The molecule has 0 spiro atoms. The summed E-state index contributed by atoms with van der Waals surface area (Å²) in [6.07, 6.45) is 0.803. The van der Waals surface area contributed by atoms with Crippen molar-refractivity contribution >= 4 is 15.9 Å². The molecule has 0 aromatic carbocycles. The van der Waals surface area contributed by atoms with Gasteiger partial charge >= 0.3 is 0 Å². The van der Waals surface area contributed by atoms with E-state index in [4.69, 9.17) is 0 Å². The van der Waals surface area contributed by atoms with Crippen LogP contribution < -0.4 is 5.32 Å². The van der Waals surface area contributed by atoms with Crippen LogP contribution in [-0.2, 0) is 21.4 Å². The number of amides is 1. The highest BCUT2D eigenvalue weighted by Crippen LogP contribution is 2.23. The first kappa shape index (κ1) is 20.6. The van der Waals surface area contributed by atoms with E-state index >= 15 is 0 Å². The maximum atomic E-state index is 12.8. The van der Waals surface area contributed by atoms with Gasteiger partial charge in [-0.1, -0.05) is 20.8 Å². The molecule has 24 heavy (non-hydrogen) atoms. The predicted molar refractivity (Wildman–Crippen MR) is 94.3 cm³/mol. The van der Waals surface area contributed by atoms with Gasteiger partial charge in [-0.2, -0.15) is 9.40 Å². The lowest BCUT2D eigenvalue weighted by Crippen LogP contribution is -2.44. The van der Waals surface area contributed by atoms with Gasteiger partial charge in [0, 0.05) is 18.6 Å². The molecular weight excluding hydrogens is 328 g/mol. The summed E-state index contributed by atoms with van der Waals surface area (Å²) >= 11 is 0. The summed E-state index contributed by atoms with van der Waals surface area (Å²) in [6.45, 7) is 13.6. The van der Waals surface area contributed by atoms with Crippen LogP contribution in [0.15, 0.2) is 4.90 Å². The normalized spacial score (nSPS) is 12.7. The molecule has 0 unspecified atom stereocenters. The van der Waals surface area contributed by atoms with Gasteiger partial charge in [-0.15, -0.1) is 0 Å². The highest BCUT2D eigenvalue weighted by atomic mass is 32.2. The average Bonchev–Trinajstić information content (AvgIpc) is 2.74. The standard InChI is InChI=1S/C16H30N4O3S/c1-8-16(6,7)17-14(21)11-20-13(5)15(12(4)18-20)24(22,23)19(9-2)10-3/h8-11H2,1-7H3,(H,17,21). The lowest BCUT2D eigenvalue weighted by Gasteiger charge is -2.24. The van der Waals surface area contributed by atoms with E-state index in [2.05, 4.69) is 10.4 Å². The SMILES string of the molecule is CCN(CC)S(=O)(=O)c1c(C)nn(CC(=O)NC(C)(C)CC)c1C. The number of rotatable bonds is 8. The van der Waals surface area contributed by atoms with Gasteiger partial charge < -0.3 is 5.32 Å². The zero-order valence-electron chi connectivity index (χ0n) is 15.8. The summed E-state index contributed by atoms with van der Waals surface area (Å²) in [5.41, 5.74) is 0.606. The van der Waals surface area contributed by atoms with E-state index < -0.39 is 10.0 Å². The van der Waals surface area contributed by atoms with Crippen LogP contribution in [0.2, 0.25) is 0 Å². The van der Waals surface area contributed by atoms with Crippen LogP contribution in [0, 0.1) is 13.8 Å².